The third-order valence-corrected chi connectivity index (χ3v) is 3.74. The number of carbonyl (C=O) groups excluding carboxylic acids is 1. The van der Waals surface area contributed by atoms with Gasteiger partial charge in [0.1, 0.15) is 6.33 Å². The van der Waals surface area contributed by atoms with Crippen LogP contribution in [0.15, 0.2) is 59.9 Å². The van der Waals surface area contributed by atoms with Gasteiger partial charge in [-0.1, -0.05) is 24.3 Å². The monoisotopic (exact) mass is 401 g/mol. The highest BCUT2D eigenvalue weighted by Gasteiger charge is 2.30. The molecule has 3 aromatic rings. The predicted molar refractivity (Wildman–Crippen MR) is 97.9 cm³/mol. The Morgan fingerprint density at radius 1 is 1.14 bits per heavy atom. The van der Waals surface area contributed by atoms with E-state index in [1.807, 2.05) is 24.3 Å². The van der Waals surface area contributed by atoms with Crippen molar-refractivity contribution in [3.8, 4) is 17.1 Å². The molecule has 0 atom stereocenters. The fourth-order valence-electron chi connectivity index (χ4n) is 2.37. The van der Waals surface area contributed by atoms with Crippen LogP contribution in [0.25, 0.3) is 27.5 Å². The van der Waals surface area contributed by atoms with Gasteiger partial charge in [-0.05, 0) is 46.7 Å². The maximum absolute atomic E-state index is 12.6. The van der Waals surface area contributed by atoms with Crippen molar-refractivity contribution in [1.29, 1.82) is 5.53 Å². The number of aromatic nitrogens is 3. The van der Waals surface area contributed by atoms with Crippen LogP contribution < -0.4 is 0 Å². The molecule has 1 aromatic heterocycles. The lowest BCUT2D eigenvalue weighted by Crippen LogP contribution is -2.05. The first-order valence-electron chi connectivity index (χ1n) is 8.12. The maximum Gasteiger partial charge on any atom is 0.416 e. The fourth-order valence-corrected chi connectivity index (χ4v) is 2.37. The summed E-state index contributed by atoms with van der Waals surface area (Å²) in [6.07, 6.45) is -0.798. The average Bonchev–Trinajstić information content (AvgIpc) is 3.19. The molecule has 0 aliphatic heterocycles. The van der Waals surface area contributed by atoms with Gasteiger partial charge >= 0.3 is 6.18 Å². The van der Waals surface area contributed by atoms with Gasteiger partial charge in [0.05, 0.1) is 17.8 Å². The molecule has 29 heavy (non-hydrogen) atoms. The zero-order valence-electron chi connectivity index (χ0n) is 14.8. The molecule has 0 bridgehead atoms. The van der Waals surface area contributed by atoms with Gasteiger partial charge in [0.2, 0.25) is 6.08 Å². The number of nitrogens with one attached hydrogen (secondary N) is 1. The zero-order valence-corrected chi connectivity index (χ0v) is 14.8. The minimum atomic E-state index is -4.37. The summed E-state index contributed by atoms with van der Waals surface area (Å²) in [5.41, 5.74) is 13.8. The largest absolute Gasteiger partial charge is 0.416 e. The van der Waals surface area contributed by atoms with Crippen LogP contribution in [0.4, 0.5) is 13.2 Å². The number of hydrogen-bond donors (Lipinski definition) is 1. The third-order valence-electron chi connectivity index (χ3n) is 3.74. The molecule has 11 heteroatoms. The lowest BCUT2D eigenvalue weighted by molar-refractivity contribution is -0.137. The second-order valence-electron chi connectivity index (χ2n) is 5.58. The van der Waals surface area contributed by atoms with Gasteiger partial charge in [0.25, 0.3) is 0 Å². The van der Waals surface area contributed by atoms with Gasteiger partial charge < -0.3 is 0 Å². The molecule has 0 spiro atoms. The Bertz CT molecular complexity index is 1010. The van der Waals surface area contributed by atoms with E-state index < -0.39 is 11.7 Å². The van der Waals surface area contributed by atoms with Crippen molar-refractivity contribution >= 4 is 6.08 Å². The molecule has 0 aliphatic rings. The Morgan fingerprint density at radius 3 is 2.31 bits per heavy atom. The number of rotatable bonds is 5. The lowest BCUT2D eigenvalue weighted by Gasteiger charge is -2.07. The van der Waals surface area contributed by atoms with Crippen LogP contribution in [0.5, 0.6) is 0 Å². The summed E-state index contributed by atoms with van der Waals surface area (Å²) in [7, 11) is 0. The third kappa shape index (κ3) is 6.03. The van der Waals surface area contributed by atoms with Crippen molar-refractivity contribution in [3.05, 3.63) is 76.4 Å². The van der Waals surface area contributed by atoms with E-state index in [1.54, 1.807) is 4.91 Å². The Kier molecular flexibility index (Phi) is 7.25. The van der Waals surface area contributed by atoms with Gasteiger partial charge in [-0.2, -0.15) is 13.2 Å². The summed E-state index contributed by atoms with van der Waals surface area (Å²) < 4.78 is 39.3. The van der Waals surface area contributed by atoms with Crippen LogP contribution in [0, 0.1) is 5.53 Å². The van der Waals surface area contributed by atoms with Crippen molar-refractivity contribution in [2.75, 3.05) is 6.54 Å². The van der Waals surface area contributed by atoms with Crippen LogP contribution in [0.1, 0.15) is 11.1 Å². The fraction of sp³-hybridized carbons (Fsp3) is 0.167. The Balaban J connectivity index is 0.000000941. The lowest BCUT2D eigenvalue weighted by atomic mass is 10.1. The Labute approximate surface area is 162 Å². The van der Waals surface area contributed by atoms with Crippen molar-refractivity contribution < 1.29 is 18.0 Å². The number of hydrogen-bond acceptors (Lipinski definition) is 5. The molecule has 0 amide bonds. The number of nitrogens with zero attached hydrogens (tertiary/aromatic N) is 6. The highest BCUT2D eigenvalue weighted by atomic mass is 19.4. The Morgan fingerprint density at radius 2 is 1.76 bits per heavy atom. The van der Waals surface area contributed by atoms with Crippen molar-refractivity contribution in [1.82, 2.24) is 14.8 Å². The molecule has 0 radical (unpaired) electrons. The Hall–Kier alpha value is -3.94. The number of alkyl halides is 3. The van der Waals surface area contributed by atoms with Crippen LogP contribution in [0.3, 0.4) is 0 Å². The normalized spacial score (nSPS) is 10.3. The summed E-state index contributed by atoms with van der Waals surface area (Å²) >= 11 is 0. The maximum atomic E-state index is 12.6. The van der Waals surface area contributed by atoms with E-state index >= 15 is 0 Å². The minimum absolute atomic E-state index is 0.379. The highest BCUT2D eigenvalue weighted by molar-refractivity contribution is 5.55. The SMILES string of the molecule is O=C=NCCc1ccc(-c2ncn(-c3ccc(C(F)(F)F)cc3)n2)cc1.[N-]=[N+]=N. The van der Waals surface area contributed by atoms with E-state index in [0.717, 1.165) is 23.3 Å². The standard InChI is InChI=1S/C18H13F3N4O.HN3/c19-18(20,21)15-5-7-16(8-6-15)25-11-23-17(24-25)14-3-1-13(2-4-14)9-10-22-12-26;1-3-2/h1-8,11H,9-10H2;1H. The van der Waals surface area contributed by atoms with Crippen molar-refractivity contribution in [2.24, 2.45) is 4.99 Å². The first-order valence-corrected chi connectivity index (χ1v) is 8.12. The number of benzene rings is 2. The first kappa shape index (κ1) is 21.4. The molecule has 0 saturated carbocycles. The first-order chi connectivity index (χ1) is 13.9. The predicted octanol–water partition coefficient (Wildman–Crippen LogP) is 4.71. The van der Waals surface area contributed by atoms with Crippen molar-refractivity contribution in [2.45, 2.75) is 12.6 Å². The molecule has 8 nitrogen and oxygen atoms in total. The van der Waals surface area contributed by atoms with Crippen molar-refractivity contribution in [3.63, 3.8) is 0 Å². The highest BCUT2D eigenvalue weighted by Crippen LogP contribution is 2.29. The molecule has 2 aromatic carbocycles. The molecule has 1 N–H and O–H groups in total. The summed E-state index contributed by atoms with van der Waals surface area (Å²) in [5, 5.41) is 4.30. The second-order valence-corrected chi connectivity index (χ2v) is 5.58. The van der Waals surface area contributed by atoms with Gasteiger partial charge in [0.15, 0.2) is 5.82 Å². The number of aliphatic imine (C=N–C) groups is 1. The van der Waals surface area contributed by atoms with Gasteiger partial charge in [0, 0.05) is 5.56 Å². The molecule has 148 valence electrons. The average molecular weight is 401 g/mol. The van der Waals surface area contributed by atoms with Crippen LogP contribution in [-0.2, 0) is 17.4 Å². The molecule has 3 rings (SSSR count). The van der Waals surface area contributed by atoms with E-state index in [0.29, 0.717) is 24.5 Å². The second kappa shape index (κ2) is 9.84. The molecule has 0 fully saturated rings. The molecular formula is C18H14F3N7O. The van der Waals surface area contributed by atoms with E-state index in [9.17, 15) is 18.0 Å². The quantitative estimate of drug-likeness (QED) is 0.219. The summed E-state index contributed by atoms with van der Waals surface area (Å²) in [5.74, 6) is 0.461. The summed E-state index contributed by atoms with van der Waals surface area (Å²) in [6, 6.07) is 12.2. The topological polar surface area (TPSA) is 120 Å². The summed E-state index contributed by atoms with van der Waals surface area (Å²) in [6.45, 7) is 0.379. The van der Waals surface area contributed by atoms with E-state index in [4.69, 9.17) is 11.1 Å². The van der Waals surface area contributed by atoms with Gasteiger partial charge in [-0.3, -0.25) is 0 Å². The molecular weight excluding hydrogens is 387 g/mol. The van der Waals surface area contributed by atoms with E-state index in [2.05, 4.69) is 15.1 Å². The number of isocyanates is 1. The molecule has 0 unspecified atom stereocenters. The van der Waals surface area contributed by atoms with Crippen LogP contribution in [-0.4, -0.2) is 27.4 Å². The van der Waals surface area contributed by atoms with Crippen LogP contribution >= 0.6 is 0 Å². The smallest absolute Gasteiger partial charge is 0.220 e. The molecule has 1 heterocycles. The van der Waals surface area contributed by atoms with Gasteiger partial charge in [-0.25, -0.2) is 19.5 Å². The van der Waals surface area contributed by atoms with E-state index in [1.165, 1.54) is 29.2 Å². The van der Waals surface area contributed by atoms with E-state index in [-0.39, 0.29) is 0 Å². The molecule has 0 aliphatic carbocycles. The van der Waals surface area contributed by atoms with Crippen LogP contribution in [0.2, 0.25) is 0 Å². The summed E-state index contributed by atoms with van der Waals surface area (Å²) in [4.78, 5) is 19.5. The number of halogens is 3. The zero-order chi connectivity index (χ0) is 21.3. The minimum Gasteiger partial charge on any atom is -0.220 e. The van der Waals surface area contributed by atoms with Gasteiger partial charge in [-0.15, -0.1) is 10.6 Å². The molecule has 0 saturated heterocycles.